The first-order chi connectivity index (χ1) is 10.8. The number of nitriles is 1. The molecule has 0 heterocycles. The second-order valence-electron chi connectivity index (χ2n) is 5.69. The van der Waals surface area contributed by atoms with Crippen LogP contribution in [-0.4, -0.2) is 0 Å². The van der Waals surface area contributed by atoms with E-state index in [1.165, 1.54) is 34.7 Å². The molecule has 116 valence electrons. The molecule has 0 N–H and O–H groups in total. The number of fused-ring (bicyclic) bond motifs is 1. The molecule has 0 spiro atoms. The van der Waals surface area contributed by atoms with Gasteiger partial charge in [-0.15, -0.1) is 0 Å². The quantitative estimate of drug-likeness (QED) is 0.593. The smallest absolute Gasteiger partial charge is 0.0991 e. The Bertz CT molecular complexity index is 829. The van der Waals surface area contributed by atoms with Gasteiger partial charge in [-0.3, -0.25) is 0 Å². The third kappa shape index (κ3) is 3.94. The highest BCUT2D eigenvalue weighted by atomic mass is 32.1. The highest BCUT2D eigenvalue weighted by molar-refractivity contribution is 7.59. The minimum Gasteiger partial charge on any atom is -0.197 e. The molecule has 0 amide bonds. The van der Waals surface area contributed by atoms with Crippen LogP contribution in [0.2, 0.25) is 0 Å². The predicted octanol–water partition coefficient (Wildman–Crippen LogP) is 5.83. The van der Waals surface area contributed by atoms with Crippen molar-refractivity contribution in [3.63, 3.8) is 0 Å². The molecule has 23 heavy (non-hydrogen) atoms. The molecule has 3 aromatic rings. The molecule has 1 nitrogen and oxygen atoms in total. The summed E-state index contributed by atoms with van der Waals surface area (Å²) in [4.78, 5) is 0. The molecule has 2 heteroatoms. The zero-order chi connectivity index (χ0) is 15.4. The molecular weight excluding hydrogens is 298 g/mol. The third-order valence-corrected chi connectivity index (χ3v) is 4.07. The highest BCUT2D eigenvalue weighted by Crippen LogP contribution is 2.26. The summed E-state index contributed by atoms with van der Waals surface area (Å²) < 4.78 is 0. The summed E-state index contributed by atoms with van der Waals surface area (Å²) in [6.45, 7) is 2.23. The summed E-state index contributed by atoms with van der Waals surface area (Å²) in [7, 11) is 0. The normalized spacial score (nSPS) is 10.1. The maximum atomic E-state index is 8.88. The largest absolute Gasteiger partial charge is 0.197 e. The van der Waals surface area contributed by atoms with Crippen LogP contribution in [0.1, 0.15) is 30.9 Å². The average molecular weight is 319 g/mol. The maximum absolute atomic E-state index is 8.88. The second-order valence-corrected chi connectivity index (χ2v) is 5.69. The van der Waals surface area contributed by atoms with Gasteiger partial charge in [0.2, 0.25) is 0 Å². The number of rotatable bonds is 4. The lowest BCUT2D eigenvalue weighted by atomic mass is 9.98. The lowest BCUT2D eigenvalue weighted by molar-refractivity contribution is 0.796. The molecule has 0 aliphatic rings. The fourth-order valence-electron chi connectivity index (χ4n) is 2.75. The Kier molecular flexibility index (Phi) is 5.84. The van der Waals surface area contributed by atoms with Crippen molar-refractivity contribution in [2.45, 2.75) is 26.2 Å². The van der Waals surface area contributed by atoms with Crippen LogP contribution in [0.5, 0.6) is 0 Å². The van der Waals surface area contributed by atoms with E-state index in [4.69, 9.17) is 5.26 Å². The summed E-state index contributed by atoms with van der Waals surface area (Å²) in [5.74, 6) is 0. The van der Waals surface area contributed by atoms with E-state index >= 15 is 0 Å². The zero-order valence-electron chi connectivity index (χ0n) is 13.3. The Morgan fingerprint density at radius 2 is 1.48 bits per heavy atom. The van der Waals surface area contributed by atoms with E-state index < -0.39 is 0 Å². The topological polar surface area (TPSA) is 23.8 Å². The van der Waals surface area contributed by atoms with Crippen molar-refractivity contribution < 1.29 is 0 Å². The van der Waals surface area contributed by atoms with Gasteiger partial charge in [0, 0.05) is 0 Å². The second kappa shape index (κ2) is 7.85. The minimum atomic E-state index is 0. The molecule has 0 aliphatic carbocycles. The first kappa shape index (κ1) is 17.1. The van der Waals surface area contributed by atoms with E-state index in [1.54, 1.807) is 0 Å². The van der Waals surface area contributed by atoms with Crippen molar-refractivity contribution in [2.75, 3.05) is 0 Å². The number of hydrogen-bond donors (Lipinski definition) is 0. The molecule has 3 rings (SSSR count). The van der Waals surface area contributed by atoms with Gasteiger partial charge >= 0.3 is 0 Å². The monoisotopic (exact) mass is 319 g/mol. The number of aryl methyl sites for hydroxylation is 1. The molecule has 0 saturated heterocycles. The van der Waals surface area contributed by atoms with Gasteiger partial charge in [-0.2, -0.15) is 18.8 Å². The van der Waals surface area contributed by atoms with Crippen molar-refractivity contribution in [1.29, 1.82) is 5.26 Å². The molecule has 0 saturated carbocycles. The fourth-order valence-corrected chi connectivity index (χ4v) is 2.75. The van der Waals surface area contributed by atoms with Crippen LogP contribution >= 0.6 is 13.5 Å². The van der Waals surface area contributed by atoms with Gasteiger partial charge in [0.1, 0.15) is 0 Å². The van der Waals surface area contributed by atoms with Crippen molar-refractivity contribution in [2.24, 2.45) is 0 Å². The first-order valence-electron chi connectivity index (χ1n) is 7.83. The average Bonchev–Trinajstić information content (AvgIpc) is 2.59. The van der Waals surface area contributed by atoms with Crippen LogP contribution in [0.25, 0.3) is 21.9 Å². The molecular formula is C21H21NS. The standard InChI is InChI=1S/C21H19N.H2S/c1-2-3-4-16-5-10-21-14-20(12-11-19(21)13-16)18-8-6-17(15-22)7-9-18;/h5-14H,2-4H2,1H3;1H2. The maximum Gasteiger partial charge on any atom is 0.0991 e. The van der Waals surface area contributed by atoms with Gasteiger partial charge in [0.15, 0.2) is 0 Å². The summed E-state index contributed by atoms with van der Waals surface area (Å²) >= 11 is 0. The molecule has 0 aliphatic heterocycles. The van der Waals surface area contributed by atoms with Crippen molar-refractivity contribution >= 4 is 24.3 Å². The van der Waals surface area contributed by atoms with Crippen molar-refractivity contribution in [1.82, 2.24) is 0 Å². The Balaban J connectivity index is 0.00000192. The van der Waals surface area contributed by atoms with Crippen LogP contribution in [0, 0.1) is 11.3 Å². The summed E-state index contributed by atoms with van der Waals surface area (Å²) in [5.41, 5.74) is 4.46. The predicted molar refractivity (Wildman–Crippen MR) is 103 cm³/mol. The molecule has 0 bridgehead atoms. The van der Waals surface area contributed by atoms with E-state index in [1.807, 2.05) is 24.3 Å². The first-order valence-corrected chi connectivity index (χ1v) is 7.83. The van der Waals surface area contributed by atoms with Gasteiger partial charge in [0.05, 0.1) is 11.6 Å². The Labute approximate surface area is 145 Å². The van der Waals surface area contributed by atoms with Crippen LogP contribution in [0.3, 0.4) is 0 Å². The minimum absolute atomic E-state index is 0. The van der Waals surface area contributed by atoms with Gasteiger partial charge in [0.25, 0.3) is 0 Å². The fraction of sp³-hybridized carbons (Fsp3) is 0.190. The van der Waals surface area contributed by atoms with E-state index in [0.717, 1.165) is 12.0 Å². The molecule has 0 atom stereocenters. The molecule has 0 aromatic heterocycles. The number of unbranched alkanes of at least 4 members (excludes halogenated alkanes) is 1. The van der Waals surface area contributed by atoms with Gasteiger partial charge in [-0.05, 0) is 58.5 Å². The Morgan fingerprint density at radius 3 is 2.17 bits per heavy atom. The van der Waals surface area contributed by atoms with E-state index in [0.29, 0.717) is 5.56 Å². The number of benzene rings is 3. The van der Waals surface area contributed by atoms with Gasteiger partial charge < -0.3 is 0 Å². The van der Waals surface area contributed by atoms with E-state index in [-0.39, 0.29) is 13.5 Å². The number of nitrogens with zero attached hydrogens (tertiary/aromatic N) is 1. The Morgan fingerprint density at radius 1 is 0.826 bits per heavy atom. The van der Waals surface area contributed by atoms with Crippen LogP contribution < -0.4 is 0 Å². The molecule has 0 radical (unpaired) electrons. The van der Waals surface area contributed by atoms with Crippen molar-refractivity contribution in [3.05, 3.63) is 71.8 Å². The lowest BCUT2D eigenvalue weighted by Crippen LogP contribution is -1.85. The SMILES string of the molecule is CCCCc1ccc2cc(-c3ccc(C#N)cc3)ccc2c1.S. The highest BCUT2D eigenvalue weighted by Gasteiger charge is 2.02. The summed E-state index contributed by atoms with van der Waals surface area (Å²) in [6.07, 6.45) is 3.63. The third-order valence-electron chi connectivity index (χ3n) is 4.07. The number of hydrogen-bond acceptors (Lipinski definition) is 1. The summed E-state index contributed by atoms with van der Waals surface area (Å²) in [6, 6.07) is 23.2. The van der Waals surface area contributed by atoms with E-state index in [2.05, 4.69) is 49.4 Å². The Hall–Kier alpha value is -2.24. The molecule has 0 fully saturated rings. The zero-order valence-corrected chi connectivity index (χ0v) is 14.3. The van der Waals surface area contributed by atoms with Gasteiger partial charge in [-0.1, -0.05) is 55.8 Å². The summed E-state index contributed by atoms with van der Waals surface area (Å²) in [5, 5.41) is 11.4. The molecule has 0 unspecified atom stereocenters. The molecule has 3 aromatic carbocycles. The van der Waals surface area contributed by atoms with E-state index in [9.17, 15) is 0 Å². The van der Waals surface area contributed by atoms with Gasteiger partial charge in [-0.25, -0.2) is 0 Å². The lowest BCUT2D eigenvalue weighted by Gasteiger charge is -2.07. The van der Waals surface area contributed by atoms with Crippen molar-refractivity contribution in [3.8, 4) is 17.2 Å². The van der Waals surface area contributed by atoms with Crippen LogP contribution in [-0.2, 0) is 6.42 Å². The van der Waals surface area contributed by atoms with Crippen LogP contribution in [0.15, 0.2) is 60.7 Å². The van der Waals surface area contributed by atoms with Crippen LogP contribution in [0.4, 0.5) is 0 Å².